The number of halogens is 2. The maximum absolute atomic E-state index is 14.0. The molecule has 25 heavy (non-hydrogen) atoms. The van der Waals surface area contributed by atoms with Gasteiger partial charge in [0.1, 0.15) is 12.4 Å². The minimum absolute atomic E-state index is 0.0439. The van der Waals surface area contributed by atoms with Crippen LogP contribution in [0.15, 0.2) is 36.7 Å². The maximum atomic E-state index is 14.0. The Hall–Kier alpha value is -2.32. The minimum atomic E-state index is -0.848. The zero-order chi connectivity index (χ0) is 17.2. The van der Waals surface area contributed by atoms with Crippen LogP contribution in [0.5, 0.6) is 5.75 Å². The summed E-state index contributed by atoms with van der Waals surface area (Å²) in [6.07, 6.45) is 3.35. The molecular weight excluding hydrogens is 346 g/mol. The van der Waals surface area contributed by atoms with Crippen LogP contribution >= 0.6 is 11.3 Å². The lowest BCUT2D eigenvalue weighted by Crippen LogP contribution is -2.54. The van der Waals surface area contributed by atoms with Crippen LogP contribution in [0.3, 0.4) is 0 Å². The second-order valence-corrected chi connectivity index (χ2v) is 6.73. The molecule has 2 aromatic heterocycles. The Morgan fingerprint density at radius 1 is 1.32 bits per heavy atom. The third kappa shape index (κ3) is 3.27. The standard InChI is InChI=1S/C17H16F2N4OS/c18-13-3-4-14-16(15(13)19)25-17(22-14)23-7-6-21-8-11(23)10-24-12-2-1-5-20-9-12/h1-5,9,11,21H,6-8,10H2. The van der Waals surface area contributed by atoms with E-state index in [1.165, 1.54) is 17.4 Å². The van der Waals surface area contributed by atoms with Gasteiger partial charge in [0, 0.05) is 25.8 Å². The second-order valence-electron chi connectivity index (χ2n) is 5.76. The van der Waals surface area contributed by atoms with E-state index in [-0.39, 0.29) is 10.7 Å². The first-order valence-corrected chi connectivity index (χ1v) is 8.79. The highest BCUT2D eigenvalue weighted by Crippen LogP contribution is 2.33. The average molecular weight is 362 g/mol. The number of pyridine rings is 1. The number of thiazole rings is 1. The highest BCUT2D eigenvalue weighted by molar-refractivity contribution is 7.22. The number of anilines is 1. The van der Waals surface area contributed by atoms with E-state index in [0.29, 0.717) is 23.0 Å². The molecular formula is C17H16F2N4OS. The van der Waals surface area contributed by atoms with Gasteiger partial charge in [-0.05, 0) is 24.3 Å². The van der Waals surface area contributed by atoms with Gasteiger partial charge in [-0.3, -0.25) is 4.98 Å². The minimum Gasteiger partial charge on any atom is -0.490 e. The van der Waals surface area contributed by atoms with Gasteiger partial charge in [-0.1, -0.05) is 11.3 Å². The molecule has 1 fully saturated rings. The summed E-state index contributed by atoms with van der Waals surface area (Å²) in [7, 11) is 0. The summed E-state index contributed by atoms with van der Waals surface area (Å²) in [4.78, 5) is 10.6. The lowest BCUT2D eigenvalue weighted by molar-refractivity contribution is 0.266. The van der Waals surface area contributed by atoms with Gasteiger partial charge in [0.25, 0.3) is 0 Å². The molecule has 1 atom stereocenters. The van der Waals surface area contributed by atoms with Crippen molar-refractivity contribution in [2.45, 2.75) is 6.04 Å². The Balaban J connectivity index is 1.57. The van der Waals surface area contributed by atoms with Crippen molar-refractivity contribution in [3.8, 4) is 5.75 Å². The Bertz CT molecular complexity index is 874. The van der Waals surface area contributed by atoms with E-state index in [1.54, 1.807) is 12.4 Å². The lowest BCUT2D eigenvalue weighted by Gasteiger charge is -2.35. The molecule has 0 aliphatic carbocycles. The summed E-state index contributed by atoms with van der Waals surface area (Å²) < 4.78 is 33.5. The monoisotopic (exact) mass is 362 g/mol. The zero-order valence-electron chi connectivity index (χ0n) is 13.3. The van der Waals surface area contributed by atoms with Gasteiger partial charge in [0.05, 0.1) is 22.5 Å². The number of aromatic nitrogens is 2. The van der Waals surface area contributed by atoms with E-state index in [4.69, 9.17) is 4.74 Å². The number of hydrogen-bond acceptors (Lipinski definition) is 6. The van der Waals surface area contributed by atoms with E-state index in [9.17, 15) is 8.78 Å². The van der Waals surface area contributed by atoms with Crippen molar-refractivity contribution in [1.82, 2.24) is 15.3 Å². The van der Waals surface area contributed by atoms with Crippen molar-refractivity contribution in [3.63, 3.8) is 0 Å². The van der Waals surface area contributed by atoms with Crippen molar-refractivity contribution in [2.24, 2.45) is 0 Å². The smallest absolute Gasteiger partial charge is 0.187 e. The van der Waals surface area contributed by atoms with Gasteiger partial charge in [0.15, 0.2) is 16.8 Å². The maximum Gasteiger partial charge on any atom is 0.187 e. The van der Waals surface area contributed by atoms with Crippen molar-refractivity contribution in [3.05, 3.63) is 48.3 Å². The van der Waals surface area contributed by atoms with E-state index in [2.05, 4.69) is 20.2 Å². The number of ether oxygens (including phenoxy) is 1. The molecule has 4 rings (SSSR count). The fourth-order valence-electron chi connectivity index (χ4n) is 2.83. The van der Waals surface area contributed by atoms with E-state index in [1.807, 2.05) is 12.1 Å². The van der Waals surface area contributed by atoms with Crippen molar-refractivity contribution in [1.29, 1.82) is 0 Å². The van der Waals surface area contributed by atoms with Crippen LogP contribution in [0.4, 0.5) is 13.9 Å². The predicted octanol–water partition coefficient (Wildman–Crippen LogP) is 2.83. The molecule has 5 nitrogen and oxygen atoms in total. The number of rotatable bonds is 4. The van der Waals surface area contributed by atoms with Gasteiger partial charge in [-0.2, -0.15) is 0 Å². The molecule has 1 saturated heterocycles. The van der Waals surface area contributed by atoms with Crippen molar-refractivity contribution < 1.29 is 13.5 Å². The summed E-state index contributed by atoms with van der Waals surface area (Å²) in [5.41, 5.74) is 0.476. The number of fused-ring (bicyclic) bond motifs is 1. The lowest BCUT2D eigenvalue weighted by atomic mass is 10.2. The predicted molar refractivity (Wildman–Crippen MR) is 93.3 cm³/mol. The van der Waals surface area contributed by atoms with Gasteiger partial charge in [-0.15, -0.1) is 0 Å². The zero-order valence-corrected chi connectivity index (χ0v) is 14.1. The third-order valence-corrected chi connectivity index (χ3v) is 5.21. The van der Waals surface area contributed by atoms with Crippen LogP contribution in [-0.2, 0) is 0 Å². The Kier molecular flexibility index (Phi) is 4.46. The number of piperazine rings is 1. The molecule has 8 heteroatoms. The van der Waals surface area contributed by atoms with Crippen LogP contribution in [0, 0.1) is 11.6 Å². The van der Waals surface area contributed by atoms with Gasteiger partial charge >= 0.3 is 0 Å². The molecule has 130 valence electrons. The fraction of sp³-hybridized carbons (Fsp3) is 0.294. The Labute approximate surface area is 147 Å². The number of nitrogens with one attached hydrogen (secondary N) is 1. The summed E-state index contributed by atoms with van der Waals surface area (Å²) in [5, 5.41) is 4.01. The molecule has 3 aromatic rings. The largest absolute Gasteiger partial charge is 0.490 e. The summed E-state index contributed by atoms with van der Waals surface area (Å²) in [5.74, 6) is -0.982. The summed E-state index contributed by atoms with van der Waals surface area (Å²) >= 11 is 1.17. The molecule has 1 N–H and O–H groups in total. The van der Waals surface area contributed by atoms with Crippen LogP contribution in [0.25, 0.3) is 10.2 Å². The third-order valence-electron chi connectivity index (χ3n) is 4.11. The van der Waals surface area contributed by atoms with Crippen LogP contribution in [0.1, 0.15) is 0 Å². The van der Waals surface area contributed by atoms with E-state index in [0.717, 1.165) is 25.7 Å². The molecule has 1 aliphatic rings. The molecule has 0 radical (unpaired) electrons. The normalized spacial score (nSPS) is 17.8. The number of nitrogens with zero attached hydrogens (tertiary/aromatic N) is 3. The molecule has 1 unspecified atom stereocenters. The molecule has 0 amide bonds. The number of hydrogen-bond donors (Lipinski definition) is 1. The summed E-state index contributed by atoms with van der Waals surface area (Å²) in [6.45, 7) is 2.71. The first kappa shape index (κ1) is 16.2. The average Bonchev–Trinajstić information content (AvgIpc) is 3.09. The molecule has 1 aromatic carbocycles. The second kappa shape index (κ2) is 6.89. The van der Waals surface area contributed by atoms with Gasteiger partial charge < -0.3 is 15.0 Å². The van der Waals surface area contributed by atoms with Crippen LogP contribution in [-0.4, -0.2) is 42.3 Å². The molecule has 1 aliphatic heterocycles. The van der Waals surface area contributed by atoms with E-state index >= 15 is 0 Å². The fourth-order valence-corrected chi connectivity index (χ4v) is 3.92. The number of benzene rings is 1. The first-order chi connectivity index (χ1) is 12.2. The van der Waals surface area contributed by atoms with Crippen molar-refractivity contribution in [2.75, 3.05) is 31.1 Å². The Morgan fingerprint density at radius 3 is 3.08 bits per heavy atom. The summed E-state index contributed by atoms with van der Waals surface area (Å²) in [6, 6.07) is 6.34. The molecule has 3 heterocycles. The van der Waals surface area contributed by atoms with Gasteiger partial charge in [-0.25, -0.2) is 13.8 Å². The Morgan fingerprint density at radius 2 is 2.24 bits per heavy atom. The molecule has 0 spiro atoms. The van der Waals surface area contributed by atoms with Crippen molar-refractivity contribution >= 4 is 26.7 Å². The highest BCUT2D eigenvalue weighted by Gasteiger charge is 2.26. The topological polar surface area (TPSA) is 50.3 Å². The SMILES string of the molecule is Fc1ccc2nc(N3CCNCC3COc3cccnc3)sc2c1F. The molecule has 0 saturated carbocycles. The van der Waals surface area contributed by atoms with E-state index < -0.39 is 11.6 Å². The molecule has 0 bridgehead atoms. The van der Waals surface area contributed by atoms with Crippen LogP contribution < -0.4 is 15.0 Å². The van der Waals surface area contributed by atoms with Crippen LogP contribution in [0.2, 0.25) is 0 Å². The first-order valence-electron chi connectivity index (χ1n) is 7.97. The highest BCUT2D eigenvalue weighted by atomic mass is 32.1. The van der Waals surface area contributed by atoms with Gasteiger partial charge in [0.2, 0.25) is 0 Å². The quantitative estimate of drug-likeness (QED) is 0.773.